The first-order valence-corrected chi connectivity index (χ1v) is 7.61. The third kappa shape index (κ3) is 3.56. The number of carboxylic acid groups (broad SMARTS) is 1. The number of aliphatic carboxylic acids is 1. The summed E-state index contributed by atoms with van der Waals surface area (Å²) in [5.74, 6) is -1.58. The zero-order valence-corrected chi connectivity index (χ0v) is 12.1. The van der Waals surface area contributed by atoms with Crippen LogP contribution in [0.3, 0.4) is 0 Å². The van der Waals surface area contributed by atoms with E-state index in [0.717, 1.165) is 4.31 Å². The van der Waals surface area contributed by atoms with Gasteiger partial charge in [0.25, 0.3) is 0 Å². The Morgan fingerprint density at radius 1 is 1.45 bits per heavy atom. The van der Waals surface area contributed by atoms with Crippen LogP contribution in [-0.2, 0) is 20.6 Å². The molecule has 0 aliphatic rings. The molecule has 1 aromatic rings. The highest BCUT2D eigenvalue weighted by Crippen LogP contribution is 2.16. The predicted molar refractivity (Wildman–Crippen MR) is 73.3 cm³/mol. The lowest BCUT2D eigenvalue weighted by Crippen LogP contribution is -2.42. The third-order valence-corrected chi connectivity index (χ3v) is 4.83. The van der Waals surface area contributed by atoms with Gasteiger partial charge in [0, 0.05) is 7.05 Å². The summed E-state index contributed by atoms with van der Waals surface area (Å²) in [7, 11) is -2.56. The molecule has 0 amide bonds. The Hall–Kier alpha value is -1.91. The minimum absolute atomic E-state index is 0.172. The van der Waals surface area contributed by atoms with Crippen LogP contribution in [0.15, 0.2) is 24.3 Å². The fourth-order valence-corrected chi connectivity index (χ4v) is 3.31. The first-order chi connectivity index (χ1) is 9.33. The molecule has 0 aliphatic carbocycles. The predicted octanol–water partition coefficient (Wildman–Crippen LogP) is 1.18. The molecule has 0 radical (unpaired) electrons. The van der Waals surface area contributed by atoms with Gasteiger partial charge in [0.05, 0.1) is 17.4 Å². The molecule has 7 heteroatoms. The normalized spacial score (nSPS) is 12.9. The summed E-state index contributed by atoms with van der Waals surface area (Å²) in [5.41, 5.74) is 0.634. The zero-order chi connectivity index (χ0) is 15.3. The number of carboxylic acids is 1. The molecule has 0 aromatic heterocycles. The highest BCUT2D eigenvalue weighted by atomic mass is 32.2. The SMILES string of the molecule is CCC(C(=O)O)N(C)S(=O)(=O)Cc1ccccc1C#N. The molecule has 1 rings (SSSR count). The van der Waals surface area contributed by atoms with Gasteiger partial charge in [-0.1, -0.05) is 25.1 Å². The third-order valence-electron chi connectivity index (χ3n) is 3.03. The van der Waals surface area contributed by atoms with E-state index in [-0.39, 0.29) is 12.0 Å². The average Bonchev–Trinajstić information content (AvgIpc) is 2.39. The van der Waals surface area contributed by atoms with Gasteiger partial charge in [-0.05, 0) is 18.1 Å². The van der Waals surface area contributed by atoms with Crippen molar-refractivity contribution >= 4 is 16.0 Å². The van der Waals surface area contributed by atoms with Crippen LogP contribution in [-0.4, -0.2) is 36.9 Å². The number of sulfonamides is 1. The van der Waals surface area contributed by atoms with Crippen LogP contribution >= 0.6 is 0 Å². The molecule has 0 spiro atoms. The van der Waals surface area contributed by atoms with E-state index in [0.29, 0.717) is 5.56 Å². The number of benzene rings is 1. The summed E-state index contributed by atoms with van der Waals surface area (Å²) in [6.07, 6.45) is 0.172. The minimum Gasteiger partial charge on any atom is -0.480 e. The van der Waals surface area contributed by atoms with Gasteiger partial charge in [0.15, 0.2) is 0 Å². The Kier molecular flexibility index (Phi) is 5.25. The molecule has 6 nitrogen and oxygen atoms in total. The molecule has 1 unspecified atom stereocenters. The van der Waals surface area contributed by atoms with Crippen LogP contribution in [0, 0.1) is 11.3 Å². The maximum Gasteiger partial charge on any atom is 0.321 e. The summed E-state index contributed by atoms with van der Waals surface area (Å²) in [5, 5.41) is 18.0. The number of nitriles is 1. The molecular formula is C13H16N2O4S. The summed E-state index contributed by atoms with van der Waals surface area (Å²) >= 11 is 0. The van der Waals surface area contributed by atoms with Crippen molar-refractivity contribution in [2.75, 3.05) is 7.05 Å². The molecule has 0 saturated carbocycles. The summed E-state index contributed by atoms with van der Waals surface area (Å²) in [4.78, 5) is 11.0. The minimum atomic E-state index is -3.80. The van der Waals surface area contributed by atoms with Gasteiger partial charge in [-0.25, -0.2) is 8.42 Å². The zero-order valence-electron chi connectivity index (χ0n) is 11.3. The van der Waals surface area contributed by atoms with Gasteiger partial charge >= 0.3 is 5.97 Å². The van der Waals surface area contributed by atoms with Crippen molar-refractivity contribution in [2.24, 2.45) is 0 Å². The first-order valence-electron chi connectivity index (χ1n) is 6.00. The van der Waals surface area contributed by atoms with Gasteiger partial charge in [0.2, 0.25) is 10.0 Å². The van der Waals surface area contributed by atoms with E-state index in [1.807, 2.05) is 6.07 Å². The van der Waals surface area contributed by atoms with Crippen LogP contribution in [0.1, 0.15) is 24.5 Å². The molecule has 0 saturated heterocycles. The molecule has 0 aliphatic heterocycles. The monoisotopic (exact) mass is 296 g/mol. The largest absolute Gasteiger partial charge is 0.480 e. The van der Waals surface area contributed by atoms with E-state index in [1.54, 1.807) is 25.1 Å². The topological polar surface area (TPSA) is 98.5 Å². The van der Waals surface area contributed by atoms with Gasteiger partial charge in [-0.3, -0.25) is 4.79 Å². The fourth-order valence-electron chi connectivity index (χ4n) is 1.83. The number of nitrogens with zero attached hydrogens (tertiary/aromatic N) is 2. The molecule has 1 N–H and O–H groups in total. The van der Waals surface area contributed by atoms with E-state index < -0.39 is 27.8 Å². The molecule has 108 valence electrons. The summed E-state index contributed by atoms with van der Waals surface area (Å²) < 4.78 is 25.3. The second-order valence-corrected chi connectivity index (χ2v) is 6.33. The maximum absolute atomic E-state index is 12.2. The molecular weight excluding hydrogens is 280 g/mol. The lowest BCUT2D eigenvalue weighted by atomic mass is 10.1. The van der Waals surface area contributed by atoms with Crippen molar-refractivity contribution < 1.29 is 18.3 Å². The number of rotatable bonds is 6. The van der Waals surface area contributed by atoms with E-state index in [1.165, 1.54) is 13.1 Å². The van der Waals surface area contributed by atoms with Crippen LogP contribution in [0.25, 0.3) is 0 Å². The van der Waals surface area contributed by atoms with E-state index >= 15 is 0 Å². The van der Waals surface area contributed by atoms with Crippen molar-refractivity contribution in [1.29, 1.82) is 5.26 Å². The van der Waals surface area contributed by atoms with Gasteiger partial charge in [-0.2, -0.15) is 9.57 Å². The van der Waals surface area contributed by atoms with Crippen molar-refractivity contribution in [3.05, 3.63) is 35.4 Å². The van der Waals surface area contributed by atoms with E-state index in [9.17, 15) is 13.2 Å². The standard InChI is InChI=1S/C13H16N2O4S/c1-3-12(13(16)17)15(2)20(18,19)9-11-7-5-4-6-10(11)8-14/h4-7,12H,3,9H2,1-2H3,(H,16,17). The maximum atomic E-state index is 12.2. The fraction of sp³-hybridized carbons (Fsp3) is 0.385. The van der Waals surface area contributed by atoms with E-state index in [4.69, 9.17) is 10.4 Å². The quantitative estimate of drug-likeness (QED) is 0.850. The number of likely N-dealkylation sites (N-methyl/N-ethyl adjacent to an activating group) is 1. The Labute approximate surface area is 118 Å². The number of carbonyl (C=O) groups is 1. The van der Waals surface area contributed by atoms with Crippen LogP contribution in [0.5, 0.6) is 0 Å². The lowest BCUT2D eigenvalue weighted by Gasteiger charge is -2.23. The highest BCUT2D eigenvalue weighted by Gasteiger charge is 2.30. The van der Waals surface area contributed by atoms with Gasteiger partial charge in [-0.15, -0.1) is 0 Å². The smallest absolute Gasteiger partial charge is 0.321 e. The summed E-state index contributed by atoms with van der Waals surface area (Å²) in [6.45, 7) is 1.61. The molecule has 20 heavy (non-hydrogen) atoms. The molecule has 0 fully saturated rings. The van der Waals surface area contributed by atoms with Crippen LogP contribution < -0.4 is 0 Å². The van der Waals surface area contributed by atoms with Crippen LogP contribution in [0.2, 0.25) is 0 Å². The van der Waals surface area contributed by atoms with Crippen molar-refractivity contribution in [2.45, 2.75) is 25.1 Å². The second-order valence-electron chi connectivity index (χ2n) is 4.30. The lowest BCUT2D eigenvalue weighted by molar-refractivity contribution is -0.141. The Morgan fingerprint density at radius 2 is 2.05 bits per heavy atom. The number of hydrogen-bond donors (Lipinski definition) is 1. The number of hydrogen-bond acceptors (Lipinski definition) is 4. The molecule has 1 aromatic carbocycles. The summed E-state index contributed by atoms with van der Waals surface area (Å²) in [6, 6.07) is 7.18. The molecule has 0 heterocycles. The van der Waals surface area contributed by atoms with Crippen molar-refractivity contribution in [1.82, 2.24) is 4.31 Å². The Bertz CT molecular complexity index is 634. The first kappa shape index (κ1) is 16.1. The molecule has 1 atom stereocenters. The van der Waals surface area contributed by atoms with Crippen molar-refractivity contribution in [3.8, 4) is 6.07 Å². The highest BCUT2D eigenvalue weighted by molar-refractivity contribution is 7.88. The van der Waals surface area contributed by atoms with Crippen molar-refractivity contribution in [3.63, 3.8) is 0 Å². The van der Waals surface area contributed by atoms with E-state index in [2.05, 4.69) is 0 Å². The second kappa shape index (κ2) is 6.50. The van der Waals surface area contributed by atoms with Crippen LogP contribution in [0.4, 0.5) is 0 Å². The Balaban J connectivity index is 3.07. The Morgan fingerprint density at radius 3 is 2.55 bits per heavy atom. The average molecular weight is 296 g/mol. The van der Waals surface area contributed by atoms with Gasteiger partial charge in [0.1, 0.15) is 6.04 Å². The van der Waals surface area contributed by atoms with Gasteiger partial charge < -0.3 is 5.11 Å². The molecule has 0 bridgehead atoms.